The standard InChI is InChI=1S/C15H19NO3/c1-18-13(17)5-4-9-2-3-10-8-12(16)15-11(14(9)10)6-7-19-15/h8-9H,2-7,16H2,1H3. The molecular formula is C15H19NO3. The Hall–Kier alpha value is -1.71. The molecule has 2 aliphatic rings. The van der Waals surface area contributed by atoms with Crippen molar-refractivity contribution >= 4 is 11.7 Å². The van der Waals surface area contributed by atoms with Crippen LogP contribution in [0.15, 0.2) is 6.07 Å². The maximum Gasteiger partial charge on any atom is 0.305 e. The van der Waals surface area contributed by atoms with Crippen molar-refractivity contribution in [1.29, 1.82) is 0 Å². The van der Waals surface area contributed by atoms with Crippen molar-refractivity contribution in [1.82, 2.24) is 0 Å². The number of benzene rings is 1. The zero-order valence-electron chi connectivity index (χ0n) is 11.2. The molecule has 0 fully saturated rings. The predicted molar refractivity (Wildman–Crippen MR) is 72.4 cm³/mol. The van der Waals surface area contributed by atoms with Gasteiger partial charge in [0.05, 0.1) is 19.4 Å². The molecule has 0 saturated heterocycles. The van der Waals surface area contributed by atoms with E-state index in [1.54, 1.807) is 0 Å². The first-order valence-electron chi connectivity index (χ1n) is 6.84. The third kappa shape index (κ3) is 2.05. The van der Waals surface area contributed by atoms with Crippen LogP contribution in [0.3, 0.4) is 0 Å². The third-order valence-corrected chi connectivity index (χ3v) is 4.23. The minimum atomic E-state index is -0.128. The maximum absolute atomic E-state index is 11.3. The fourth-order valence-corrected chi connectivity index (χ4v) is 3.37. The summed E-state index contributed by atoms with van der Waals surface area (Å²) < 4.78 is 10.4. The van der Waals surface area contributed by atoms with E-state index in [-0.39, 0.29) is 5.97 Å². The smallest absolute Gasteiger partial charge is 0.305 e. The van der Waals surface area contributed by atoms with E-state index >= 15 is 0 Å². The fraction of sp³-hybridized carbons (Fsp3) is 0.533. The number of nitrogen functional groups attached to an aromatic ring is 1. The highest BCUT2D eigenvalue weighted by atomic mass is 16.5. The van der Waals surface area contributed by atoms with Crippen molar-refractivity contribution < 1.29 is 14.3 Å². The molecule has 102 valence electrons. The number of carbonyl (C=O) groups excluding carboxylic acids is 1. The summed E-state index contributed by atoms with van der Waals surface area (Å²) in [4.78, 5) is 11.3. The number of fused-ring (bicyclic) bond motifs is 3. The number of aryl methyl sites for hydroxylation is 1. The van der Waals surface area contributed by atoms with Crippen LogP contribution in [0.4, 0.5) is 5.69 Å². The molecule has 4 nitrogen and oxygen atoms in total. The van der Waals surface area contributed by atoms with Gasteiger partial charge in [0.1, 0.15) is 5.75 Å². The van der Waals surface area contributed by atoms with Gasteiger partial charge in [-0.05, 0) is 42.4 Å². The number of hydrogen-bond acceptors (Lipinski definition) is 4. The Morgan fingerprint density at radius 2 is 2.37 bits per heavy atom. The van der Waals surface area contributed by atoms with Gasteiger partial charge >= 0.3 is 5.97 Å². The van der Waals surface area contributed by atoms with E-state index in [1.807, 2.05) is 0 Å². The number of anilines is 1. The Labute approximate surface area is 112 Å². The van der Waals surface area contributed by atoms with Gasteiger partial charge in [0, 0.05) is 18.4 Å². The highest BCUT2D eigenvalue weighted by molar-refractivity contribution is 5.69. The van der Waals surface area contributed by atoms with Crippen LogP contribution < -0.4 is 10.5 Å². The van der Waals surface area contributed by atoms with Crippen molar-refractivity contribution in [2.75, 3.05) is 19.5 Å². The Bertz CT molecular complexity index is 525. The van der Waals surface area contributed by atoms with Gasteiger partial charge in [-0.2, -0.15) is 0 Å². The predicted octanol–water partition coefficient (Wildman–Crippen LogP) is 2.19. The Morgan fingerprint density at radius 3 is 3.16 bits per heavy atom. The van der Waals surface area contributed by atoms with Crippen LogP contribution in [-0.2, 0) is 22.4 Å². The first-order chi connectivity index (χ1) is 9.20. The molecule has 3 rings (SSSR count). The largest absolute Gasteiger partial charge is 0.491 e. The third-order valence-electron chi connectivity index (χ3n) is 4.23. The van der Waals surface area contributed by atoms with Crippen molar-refractivity contribution in [2.24, 2.45) is 0 Å². The van der Waals surface area contributed by atoms with E-state index in [0.717, 1.165) is 43.7 Å². The first kappa shape index (κ1) is 12.3. The van der Waals surface area contributed by atoms with Crippen LogP contribution in [0.5, 0.6) is 5.75 Å². The van der Waals surface area contributed by atoms with E-state index in [0.29, 0.717) is 12.3 Å². The number of rotatable bonds is 3. The van der Waals surface area contributed by atoms with Crippen LogP contribution in [-0.4, -0.2) is 19.7 Å². The van der Waals surface area contributed by atoms with E-state index in [9.17, 15) is 4.79 Å². The molecule has 0 aromatic heterocycles. The van der Waals surface area contributed by atoms with Gasteiger partial charge in [0.15, 0.2) is 0 Å². The number of methoxy groups -OCH3 is 1. The minimum absolute atomic E-state index is 0.128. The van der Waals surface area contributed by atoms with Crippen LogP contribution >= 0.6 is 0 Å². The van der Waals surface area contributed by atoms with E-state index in [4.69, 9.17) is 15.2 Å². The lowest BCUT2D eigenvalue weighted by atomic mass is 9.90. The van der Waals surface area contributed by atoms with Crippen LogP contribution in [0, 0.1) is 0 Å². The molecule has 1 atom stereocenters. The normalized spacial score (nSPS) is 19.7. The molecule has 1 aromatic carbocycles. The van der Waals surface area contributed by atoms with Gasteiger partial charge < -0.3 is 15.2 Å². The average molecular weight is 261 g/mol. The maximum atomic E-state index is 11.3. The van der Waals surface area contributed by atoms with Crippen molar-refractivity contribution in [3.05, 3.63) is 22.8 Å². The van der Waals surface area contributed by atoms with Crippen LogP contribution in [0.25, 0.3) is 0 Å². The molecule has 0 radical (unpaired) electrons. The summed E-state index contributed by atoms with van der Waals surface area (Å²) >= 11 is 0. The molecule has 4 heteroatoms. The molecule has 1 heterocycles. The second-order valence-electron chi connectivity index (χ2n) is 5.30. The molecule has 0 amide bonds. The van der Waals surface area contributed by atoms with E-state index < -0.39 is 0 Å². The van der Waals surface area contributed by atoms with Crippen molar-refractivity contribution in [2.45, 2.75) is 38.0 Å². The molecule has 1 unspecified atom stereocenters. The summed E-state index contributed by atoms with van der Waals surface area (Å²) in [5, 5.41) is 0. The summed E-state index contributed by atoms with van der Waals surface area (Å²) in [7, 11) is 1.44. The van der Waals surface area contributed by atoms with Crippen molar-refractivity contribution in [3.63, 3.8) is 0 Å². The molecule has 0 bridgehead atoms. The van der Waals surface area contributed by atoms with Gasteiger partial charge in [-0.1, -0.05) is 0 Å². The topological polar surface area (TPSA) is 61.5 Å². The fourth-order valence-electron chi connectivity index (χ4n) is 3.37. The lowest BCUT2D eigenvalue weighted by Gasteiger charge is -2.15. The zero-order chi connectivity index (χ0) is 13.4. The monoisotopic (exact) mass is 261 g/mol. The zero-order valence-corrected chi connectivity index (χ0v) is 11.2. The quantitative estimate of drug-likeness (QED) is 0.669. The Morgan fingerprint density at radius 1 is 1.53 bits per heavy atom. The Balaban J connectivity index is 1.88. The summed E-state index contributed by atoms with van der Waals surface area (Å²) in [5.41, 5.74) is 10.8. The highest BCUT2D eigenvalue weighted by Crippen LogP contribution is 2.46. The highest BCUT2D eigenvalue weighted by Gasteiger charge is 2.31. The van der Waals surface area contributed by atoms with Gasteiger partial charge in [-0.3, -0.25) is 4.79 Å². The van der Waals surface area contributed by atoms with E-state index in [2.05, 4.69) is 6.07 Å². The molecule has 1 aliphatic carbocycles. The molecule has 0 spiro atoms. The lowest BCUT2D eigenvalue weighted by Crippen LogP contribution is -2.05. The number of hydrogen-bond donors (Lipinski definition) is 1. The Kier molecular flexibility index (Phi) is 3.09. The summed E-state index contributed by atoms with van der Waals surface area (Å²) in [6.45, 7) is 0.722. The number of ether oxygens (including phenoxy) is 2. The van der Waals surface area contributed by atoms with Gasteiger partial charge in [-0.25, -0.2) is 0 Å². The number of nitrogens with two attached hydrogens (primary N) is 1. The van der Waals surface area contributed by atoms with E-state index in [1.165, 1.54) is 23.8 Å². The molecule has 1 aliphatic heterocycles. The van der Waals surface area contributed by atoms with Gasteiger partial charge in [0.25, 0.3) is 0 Å². The van der Waals surface area contributed by atoms with Crippen LogP contribution in [0.1, 0.15) is 41.9 Å². The van der Waals surface area contributed by atoms with Crippen LogP contribution in [0.2, 0.25) is 0 Å². The lowest BCUT2D eigenvalue weighted by molar-refractivity contribution is -0.140. The van der Waals surface area contributed by atoms with Gasteiger partial charge in [-0.15, -0.1) is 0 Å². The minimum Gasteiger partial charge on any atom is -0.491 e. The molecule has 0 saturated carbocycles. The molecule has 2 N–H and O–H groups in total. The second-order valence-corrected chi connectivity index (χ2v) is 5.30. The molecule has 1 aromatic rings. The summed E-state index contributed by atoms with van der Waals surface area (Å²) in [5.74, 6) is 1.20. The SMILES string of the molecule is COC(=O)CCC1CCc2cc(N)c3c(c21)CCO3. The first-order valence-corrected chi connectivity index (χ1v) is 6.84. The summed E-state index contributed by atoms with van der Waals surface area (Å²) in [6, 6.07) is 2.05. The molecular weight excluding hydrogens is 242 g/mol. The number of carbonyl (C=O) groups is 1. The van der Waals surface area contributed by atoms with Crippen molar-refractivity contribution in [3.8, 4) is 5.75 Å². The number of esters is 1. The van der Waals surface area contributed by atoms with Gasteiger partial charge in [0.2, 0.25) is 0 Å². The second kappa shape index (κ2) is 4.76. The average Bonchev–Trinajstić information content (AvgIpc) is 3.02. The summed E-state index contributed by atoms with van der Waals surface area (Å²) in [6.07, 6.45) is 4.44. The molecule has 19 heavy (non-hydrogen) atoms.